The molecule has 2 aliphatic heterocycles. The topological polar surface area (TPSA) is 58.1 Å². The van der Waals surface area contributed by atoms with Crippen LogP contribution in [0.3, 0.4) is 0 Å². The first-order valence-corrected chi connectivity index (χ1v) is 12.2. The first kappa shape index (κ1) is 24.0. The molecule has 174 valence electrons. The second-order valence-corrected chi connectivity index (χ2v) is 9.01. The summed E-state index contributed by atoms with van der Waals surface area (Å²) in [6, 6.07) is 8.75. The molecule has 0 amide bonds. The highest BCUT2D eigenvalue weighted by Crippen LogP contribution is 2.20. The fourth-order valence-electron chi connectivity index (χ4n) is 4.18. The summed E-state index contributed by atoms with van der Waals surface area (Å²) in [4.78, 5) is 7.44. The monoisotopic (exact) mass is 430 g/mol. The number of piperidine rings is 1. The summed E-state index contributed by atoms with van der Waals surface area (Å²) in [6.07, 6.45) is 4.73. The average molecular weight is 431 g/mol. The molecule has 0 spiro atoms. The van der Waals surface area contributed by atoms with E-state index in [1.807, 2.05) is 0 Å². The first-order chi connectivity index (χ1) is 15.2. The number of rotatable bonds is 11. The van der Waals surface area contributed by atoms with Crippen molar-refractivity contribution in [2.24, 2.45) is 16.8 Å². The molecule has 31 heavy (non-hydrogen) atoms. The highest BCUT2D eigenvalue weighted by molar-refractivity contribution is 5.79. The zero-order valence-corrected chi connectivity index (χ0v) is 19.6. The summed E-state index contributed by atoms with van der Waals surface area (Å²) in [7, 11) is 0. The highest BCUT2D eigenvalue weighted by atomic mass is 16.5. The van der Waals surface area contributed by atoms with Crippen LogP contribution >= 0.6 is 0 Å². The van der Waals surface area contributed by atoms with Gasteiger partial charge < -0.3 is 20.1 Å². The van der Waals surface area contributed by atoms with Crippen LogP contribution in [0.2, 0.25) is 0 Å². The standard InChI is InChI=1S/C25H42N4O2/c1-3-26-25(27-12-6-15-30-19-22-11-16-31-20-22)28-17-23-7-4-5-8-24(23)18-29-13-9-21(2)10-14-29/h4-5,7-8,21-22H,3,6,9-20H2,1-2H3,(H2,26,27,28). The maximum absolute atomic E-state index is 5.80. The SMILES string of the molecule is CCNC(=NCc1ccccc1CN1CCC(C)CC1)NCCCOCC1CCOC1. The number of hydrogen-bond acceptors (Lipinski definition) is 4. The predicted octanol–water partition coefficient (Wildman–Crippen LogP) is 3.42. The van der Waals surface area contributed by atoms with E-state index in [4.69, 9.17) is 14.5 Å². The van der Waals surface area contributed by atoms with Crippen molar-refractivity contribution in [3.05, 3.63) is 35.4 Å². The average Bonchev–Trinajstić information content (AvgIpc) is 3.30. The van der Waals surface area contributed by atoms with Crippen LogP contribution < -0.4 is 10.6 Å². The van der Waals surface area contributed by atoms with Crippen LogP contribution in [0.15, 0.2) is 29.3 Å². The van der Waals surface area contributed by atoms with Crippen molar-refractivity contribution in [3.63, 3.8) is 0 Å². The van der Waals surface area contributed by atoms with Crippen LogP contribution in [0, 0.1) is 11.8 Å². The van der Waals surface area contributed by atoms with Gasteiger partial charge in [-0.2, -0.15) is 0 Å². The van der Waals surface area contributed by atoms with Gasteiger partial charge in [0.1, 0.15) is 0 Å². The van der Waals surface area contributed by atoms with Gasteiger partial charge in [-0.3, -0.25) is 4.90 Å². The molecule has 2 saturated heterocycles. The van der Waals surface area contributed by atoms with Crippen LogP contribution in [0.4, 0.5) is 0 Å². The van der Waals surface area contributed by atoms with Gasteiger partial charge in [0.25, 0.3) is 0 Å². The normalized spacial score (nSPS) is 20.8. The Morgan fingerprint density at radius 1 is 1.16 bits per heavy atom. The minimum Gasteiger partial charge on any atom is -0.381 e. The molecule has 1 atom stereocenters. The van der Waals surface area contributed by atoms with E-state index in [0.717, 1.165) is 70.8 Å². The molecule has 2 N–H and O–H groups in total. The second kappa shape index (κ2) is 13.7. The van der Waals surface area contributed by atoms with Gasteiger partial charge in [-0.25, -0.2) is 4.99 Å². The Balaban J connectivity index is 1.42. The van der Waals surface area contributed by atoms with Crippen LogP contribution in [0.1, 0.15) is 50.7 Å². The number of nitrogens with zero attached hydrogens (tertiary/aromatic N) is 2. The molecule has 6 heteroatoms. The Kier molecular flexibility index (Phi) is 10.6. The molecule has 0 radical (unpaired) electrons. The number of benzene rings is 1. The van der Waals surface area contributed by atoms with Crippen molar-refractivity contribution in [2.45, 2.75) is 52.6 Å². The third-order valence-corrected chi connectivity index (χ3v) is 6.28. The number of aliphatic imine (C=N–C) groups is 1. The van der Waals surface area contributed by atoms with Crippen LogP contribution in [0.5, 0.6) is 0 Å². The summed E-state index contributed by atoms with van der Waals surface area (Å²) >= 11 is 0. The molecule has 2 fully saturated rings. The molecule has 6 nitrogen and oxygen atoms in total. The van der Waals surface area contributed by atoms with Crippen molar-refractivity contribution in [2.75, 3.05) is 52.6 Å². The summed E-state index contributed by atoms with van der Waals surface area (Å²) in [5, 5.41) is 6.81. The minimum absolute atomic E-state index is 0.584. The van der Waals surface area contributed by atoms with Gasteiger partial charge in [-0.05, 0) is 62.7 Å². The van der Waals surface area contributed by atoms with Crippen LogP contribution in [0.25, 0.3) is 0 Å². The molecular formula is C25H42N4O2. The molecule has 0 saturated carbocycles. The molecule has 3 rings (SSSR count). The van der Waals surface area contributed by atoms with Crippen molar-refractivity contribution in [1.29, 1.82) is 0 Å². The van der Waals surface area contributed by atoms with E-state index in [9.17, 15) is 0 Å². The quantitative estimate of drug-likeness (QED) is 0.320. The van der Waals surface area contributed by atoms with E-state index in [-0.39, 0.29) is 0 Å². The molecule has 0 aromatic heterocycles. The Morgan fingerprint density at radius 3 is 2.71 bits per heavy atom. The molecule has 2 heterocycles. The largest absolute Gasteiger partial charge is 0.381 e. The van der Waals surface area contributed by atoms with Crippen molar-refractivity contribution in [1.82, 2.24) is 15.5 Å². The lowest BCUT2D eigenvalue weighted by molar-refractivity contribution is 0.0888. The maximum Gasteiger partial charge on any atom is 0.191 e. The number of hydrogen-bond donors (Lipinski definition) is 2. The second-order valence-electron chi connectivity index (χ2n) is 9.01. The molecule has 2 aliphatic rings. The number of guanidine groups is 1. The fraction of sp³-hybridized carbons (Fsp3) is 0.720. The molecule has 0 bridgehead atoms. The van der Waals surface area contributed by atoms with Gasteiger partial charge in [-0.1, -0.05) is 31.2 Å². The summed E-state index contributed by atoms with van der Waals surface area (Å²) in [5.41, 5.74) is 2.72. The van der Waals surface area contributed by atoms with Gasteiger partial charge in [-0.15, -0.1) is 0 Å². The Hall–Kier alpha value is -1.63. The lowest BCUT2D eigenvalue weighted by Gasteiger charge is -2.30. The molecular weight excluding hydrogens is 388 g/mol. The van der Waals surface area contributed by atoms with Gasteiger partial charge >= 0.3 is 0 Å². The van der Waals surface area contributed by atoms with E-state index in [1.165, 1.54) is 37.1 Å². The van der Waals surface area contributed by atoms with E-state index < -0.39 is 0 Å². The van der Waals surface area contributed by atoms with Crippen molar-refractivity contribution >= 4 is 5.96 Å². The van der Waals surface area contributed by atoms with Crippen LogP contribution in [-0.4, -0.2) is 63.5 Å². The zero-order valence-electron chi connectivity index (χ0n) is 19.6. The smallest absolute Gasteiger partial charge is 0.191 e. The number of likely N-dealkylation sites (tertiary alicyclic amines) is 1. The molecule has 1 aromatic carbocycles. The summed E-state index contributed by atoms with van der Waals surface area (Å²) < 4.78 is 11.2. The number of ether oxygens (including phenoxy) is 2. The minimum atomic E-state index is 0.584. The van der Waals surface area contributed by atoms with Gasteiger partial charge in [0, 0.05) is 38.8 Å². The van der Waals surface area contributed by atoms with E-state index in [2.05, 4.69) is 53.6 Å². The maximum atomic E-state index is 5.80. The van der Waals surface area contributed by atoms with E-state index in [0.29, 0.717) is 12.5 Å². The van der Waals surface area contributed by atoms with Crippen molar-refractivity contribution < 1.29 is 9.47 Å². The summed E-state index contributed by atoms with van der Waals surface area (Å²) in [6.45, 7) is 13.7. The Bertz CT molecular complexity index is 653. The fourth-order valence-corrected chi connectivity index (χ4v) is 4.18. The third kappa shape index (κ3) is 8.79. The van der Waals surface area contributed by atoms with E-state index in [1.54, 1.807) is 0 Å². The lowest BCUT2D eigenvalue weighted by Crippen LogP contribution is -2.38. The first-order valence-electron chi connectivity index (χ1n) is 12.2. The predicted molar refractivity (Wildman–Crippen MR) is 127 cm³/mol. The van der Waals surface area contributed by atoms with Gasteiger partial charge in [0.15, 0.2) is 5.96 Å². The number of nitrogens with one attached hydrogen (secondary N) is 2. The lowest BCUT2D eigenvalue weighted by atomic mass is 9.98. The highest BCUT2D eigenvalue weighted by Gasteiger charge is 2.17. The Labute approximate surface area is 188 Å². The molecule has 0 aliphatic carbocycles. The third-order valence-electron chi connectivity index (χ3n) is 6.28. The van der Waals surface area contributed by atoms with Crippen LogP contribution in [-0.2, 0) is 22.6 Å². The van der Waals surface area contributed by atoms with Crippen molar-refractivity contribution in [3.8, 4) is 0 Å². The van der Waals surface area contributed by atoms with Gasteiger partial charge in [0.05, 0.1) is 19.8 Å². The zero-order chi connectivity index (χ0) is 21.7. The van der Waals surface area contributed by atoms with Gasteiger partial charge in [0.2, 0.25) is 0 Å². The summed E-state index contributed by atoms with van der Waals surface area (Å²) in [5.74, 6) is 2.33. The van der Waals surface area contributed by atoms with E-state index >= 15 is 0 Å². The molecule has 1 unspecified atom stereocenters. The molecule has 1 aromatic rings. The Morgan fingerprint density at radius 2 is 1.97 bits per heavy atom.